The van der Waals surface area contributed by atoms with Crippen LogP contribution in [0.4, 0.5) is 4.79 Å². The van der Waals surface area contributed by atoms with Gasteiger partial charge in [0, 0.05) is 20.8 Å². The number of benzene rings is 2. The number of fused-ring (bicyclic) bond motifs is 1. The third-order valence-electron chi connectivity index (χ3n) is 7.90. The molecule has 1 saturated heterocycles. The fraction of sp³-hybridized carbons (Fsp3) is 0.343. The minimum Gasteiger partial charge on any atom is -0.448 e. The highest BCUT2D eigenvalue weighted by Crippen LogP contribution is 2.44. The smallest absolute Gasteiger partial charge is 0.407 e. The number of H-pyrrole nitrogens is 1. The van der Waals surface area contributed by atoms with Crippen molar-refractivity contribution >= 4 is 58.7 Å². The summed E-state index contributed by atoms with van der Waals surface area (Å²) < 4.78 is 11.5. The van der Waals surface area contributed by atoms with Crippen LogP contribution < -0.4 is 10.6 Å². The number of amides is 3. The van der Waals surface area contributed by atoms with Crippen LogP contribution in [-0.4, -0.2) is 77.4 Å². The molecule has 3 N–H and O–H groups in total. The SMILES string of the molecule is CC(Sc1nnn[nH]1)C1=C(C(=O)OC(c2ccccc2)c2ccccc2)N2C(=O)[C@@H](NC(=O)Cc3ccc(CNC(=O)OC(C)(C)C)s3)[C@@H]2SC1. The van der Waals surface area contributed by atoms with E-state index in [0.29, 0.717) is 16.5 Å². The molecule has 3 amide bonds. The van der Waals surface area contributed by atoms with Gasteiger partial charge in [-0.15, -0.1) is 28.2 Å². The molecule has 0 aliphatic carbocycles. The summed E-state index contributed by atoms with van der Waals surface area (Å²) in [6.07, 6.45) is -1.18. The lowest BCUT2D eigenvalue weighted by molar-refractivity contribution is -0.154. The Bertz CT molecular complexity index is 1860. The van der Waals surface area contributed by atoms with Crippen LogP contribution in [0.3, 0.4) is 0 Å². The molecule has 0 bridgehead atoms. The predicted octanol–water partition coefficient (Wildman–Crippen LogP) is 5.00. The van der Waals surface area contributed by atoms with Crippen molar-refractivity contribution in [3.05, 3.63) is 105 Å². The van der Waals surface area contributed by atoms with Crippen LogP contribution in [0, 0.1) is 0 Å². The van der Waals surface area contributed by atoms with Gasteiger partial charge in [-0.25, -0.2) is 14.7 Å². The van der Waals surface area contributed by atoms with E-state index in [2.05, 4.69) is 31.3 Å². The molecule has 16 heteroatoms. The van der Waals surface area contributed by atoms with E-state index in [1.165, 1.54) is 39.8 Å². The van der Waals surface area contributed by atoms with E-state index in [1.807, 2.05) is 79.7 Å². The number of carbonyl (C=O) groups is 4. The molecule has 0 radical (unpaired) electrons. The summed E-state index contributed by atoms with van der Waals surface area (Å²) >= 11 is 4.19. The van der Waals surface area contributed by atoms with Gasteiger partial charge in [-0.1, -0.05) is 72.4 Å². The van der Waals surface area contributed by atoms with Gasteiger partial charge in [0.05, 0.1) is 13.0 Å². The minimum atomic E-state index is -0.819. The van der Waals surface area contributed by atoms with Gasteiger partial charge in [-0.05, 0) is 67.0 Å². The first kappa shape index (κ1) is 36.1. The molecule has 2 aromatic carbocycles. The number of ether oxygens (including phenoxy) is 2. The lowest BCUT2D eigenvalue weighted by Crippen LogP contribution is -2.71. The van der Waals surface area contributed by atoms with Crippen LogP contribution in [0.5, 0.6) is 0 Å². The fourth-order valence-electron chi connectivity index (χ4n) is 5.60. The molecule has 266 valence electrons. The molecular formula is C35H37N7O6S3. The molecule has 1 unspecified atom stereocenters. The van der Waals surface area contributed by atoms with Gasteiger partial charge in [-0.3, -0.25) is 14.5 Å². The second-order valence-electron chi connectivity index (χ2n) is 12.8. The molecular weight excluding hydrogens is 711 g/mol. The summed E-state index contributed by atoms with van der Waals surface area (Å²) in [4.78, 5) is 56.4. The predicted molar refractivity (Wildman–Crippen MR) is 193 cm³/mol. The first-order chi connectivity index (χ1) is 24.5. The molecule has 1 fully saturated rings. The maximum atomic E-state index is 14.3. The number of thiophene rings is 1. The van der Waals surface area contributed by atoms with Crippen molar-refractivity contribution in [1.29, 1.82) is 0 Å². The Morgan fingerprint density at radius 1 is 1.02 bits per heavy atom. The fourth-order valence-corrected chi connectivity index (χ4v) is 8.98. The van der Waals surface area contributed by atoms with Crippen molar-refractivity contribution in [2.45, 2.75) is 74.2 Å². The molecule has 3 atom stereocenters. The summed E-state index contributed by atoms with van der Waals surface area (Å²) in [7, 11) is 0. The number of β-lactam (4-membered cyclic amide) rings is 1. The quantitative estimate of drug-likeness (QED) is 0.101. The Labute approximate surface area is 307 Å². The Balaban J connectivity index is 1.17. The topological polar surface area (TPSA) is 168 Å². The van der Waals surface area contributed by atoms with Crippen LogP contribution in [0.15, 0.2) is 89.2 Å². The van der Waals surface area contributed by atoms with Gasteiger partial charge in [0.25, 0.3) is 5.91 Å². The first-order valence-corrected chi connectivity index (χ1v) is 18.9. The number of aromatic amines is 1. The van der Waals surface area contributed by atoms with E-state index < -0.39 is 41.1 Å². The van der Waals surface area contributed by atoms with E-state index in [0.717, 1.165) is 20.9 Å². The van der Waals surface area contributed by atoms with Crippen molar-refractivity contribution in [2.24, 2.45) is 0 Å². The number of alkyl carbamates (subject to hydrolysis) is 1. The second kappa shape index (κ2) is 15.7. The normalized spacial score (nSPS) is 17.7. The van der Waals surface area contributed by atoms with E-state index in [9.17, 15) is 19.2 Å². The van der Waals surface area contributed by atoms with Crippen LogP contribution in [0.25, 0.3) is 0 Å². The molecule has 0 saturated carbocycles. The zero-order valence-corrected chi connectivity index (χ0v) is 30.8. The van der Waals surface area contributed by atoms with E-state index in [1.54, 1.807) is 20.8 Å². The molecule has 51 heavy (non-hydrogen) atoms. The lowest BCUT2D eigenvalue weighted by atomic mass is 10.00. The third-order valence-corrected chi connectivity index (χ3v) is 11.3. The molecule has 0 spiro atoms. The number of hydrogen-bond acceptors (Lipinski definition) is 12. The molecule has 4 aromatic rings. The number of nitrogens with one attached hydrogen (secondary N) is 3. The molecule has 4 heterocycles. The third kappa shape index (κ3) is 8.80. The monoisotopic (exact) mass is 747 g/mol. The number of thioether (sulfide) groups is 2. The van der Waals surface area contributed by atoms with Gasteiger partial charge in [0.2, 0.25) is 11.1 Å². The van der Waals surface area contributed by atoms with Crippen molar-refractivity contribution in [2.75, 3.05) is 5.75 Å². The minimum absolute atomic E-state index is 0.0585. The average molecular weight is 748 g/mol. The summed E-state index contributed by atoms with van der Waals surface area (Å²) in [5.41, 5.74) is 1.83. The molecule has 2 aromatic heterocycles. The Hall–Kier alpha value is -4.67. The zero-order chi connectivity index (χ0) is 36.1. The van der Waals surface area contributed by atoms with Gasteiger partial charge in [0.15, 0.2) is 6.10 Å². The van der Waals surface area contributed by atoms with Gasteiger partial charge >= 0.3 is 12.1 Å². The van der Waals surface area contributed by atoms with Gasteiger partial charge < -0.3 is 20.1 Å². The summed E-state index contributed by atoms with van der Waals surface area (Å²) in [6, 6.07) is 21.7. The molecule has 6 rings (SSSR count). The van der Waals surface area contributed by atoms with Crippen molar-refractivity contribution < 1.29 is 28.7 Å². The average Bonchev–Trinajstić information content (AvgIpc) is 3.80. The number of tetrazole rings is 1. The summed E-state index contributed by atoms with van der Waals surface area (Å²) in [5, 5.41) is 19.3. The second-order valence-corrected chi connectivity index (χ2v) is 16.5. The lowest BCUT2D eigenvalue weighted by Gasteiger charge is -2.50. The highest BCUT2D eigenvalue weighted by atomic mass is 32.2. The number of rotatable bonds is 12. The number of carbonyl (C=O) groups excluding carboxylic acids is 4. The number of nitrogens with zero attached hydrogens (tertiary/aromatic N) is 4. The van der Waals surface area contributed by atoms with Crippen LogP contribution in [0.1, 0.15) is 54.7 Å². The van der Waals surface area contributed by atoms with Crippen LogP contribution >= 0.6 is 34.9 Å². The maximum Gasteiger partial charge on any atom is 0.407 e. The Morgan fingerprint density at radius 3 is 2.31 bits per heavy atom. The summed E-state index contributed by atoms with van der Waals surface area (Å²) in [5.74, 6) is -0.939. The van der Waals surface area contributed by atoms with E-state index in [-0.39, 0.29) is 29.8 Å². The number of esters is 1. The van der Waals surface area contributed by atoms with Crippen LogP contribution in [-0.2, 0) is 36.8 Å². The van der Waals surface area contributed by atoms with E-state index in [4.69, 9.17) is 9.47 Å². The molecule has 2 aliphatic rings. The first-order valence-electron chi connectivity index (χ1n) is 16.2. The van der Waals surface area contributed by atoms with Crippen molar-refractivity contribution in [3.63, 3.8) is 0 Å². The van der Waals surface area contributed by atoms with Gasteiger partial charge in [0.1, 0.15) is 22.7 Å². The number of hydrogen-bond donors (Lipinski definition) is 3. The summed E-state index contributed by atoms with van der Waals surface area (Å²) in [6.45, 7) is 7.56. The zero-order valence-electron chi connectivity index (χ0n) is 28.3. The van der Waals surface area contributed by atoms with Crippen LogP contribution in [0.2, 0.25) is 0 Å². The Morgan fingerprint density at radius 2 is 1.69 bits per heavy atom. The van der Waals surface area contributed by atoms with Gasteiger partial charge in [-0.2, -0.15) is 0 Å². The maximum absolute atomic E-state index is 14.3. The molecule has 2 aliphatic heterocycles. The standard InChI is InChI=1S/C35H37N7O6S3/c1-20(50-33-38-40-41-39-33)25-19-49-31-27(37-26(43)17-23-15-16-24(51-23)18-36-34(46)48-35(2,3)4)30(44)42(31)28(25)32(45)47-29(21-11-7-5-8-12-21)22-13-9-6-10-14-22/h5-16,20,27,29,31H,17-19H2,1-4H3,(H,36,46)(H,37,43)(H,38,39,40,41)/t20?,27-,31+/m1/s1. The highest BCUT2D eigenvalue weighted by Gasteiger charge is 2.55. The van der Waals surface area contributed by atoms with Crippen molar-refractivity contribution in [3.8, 4) is 0 Å². The number of aromatic nitrogens is 4. The highest BCUT2D eigenvalue weighted by molar-refractivity contribution is 8.01. The largest absolute Gasteiger partial charge is 0.448 e. The molecule has 13 nitrogen and oxygen atoms in total. The Kier molecular flexibility index (Phi) is 11.1. The van der Waals surface area contributed by atoms with E-state index >= 15 is 0 Å². The van der Waals surface area contributed by atoms with Crippen molar-refractivity contribution in [1.82, 2.24) is 36.2 Å².